The number of ether oxygens (including phenoxy) is 2. The molecule has 0 bridgehead atoms. The predicted octanol–water partition coefficient (Wildman–Crippen LogP) is 1.10. The lowest BCUT2D eigenvalue weighted by Crippen LogP contribution is -2.26. The third kappa shape index (κ3) is 4.52. The van der Waals surface area contributed by atoms with Crippen LogP contribution in [0.4, 0.5) is 0 Å². The van der Waals surface area contributed by atoms with E-state index >= 15 is 0 Å². The number of halogens is 1. The largest absolute Gasteiger partial charge is 0.454 e. The van der Waals surface area contributed by atoms with Gasteiger partial charge in [-0.05, 0) is 30.7 Å². The molecule has 1 aromatic carbocycles. The summed E-state index contributed by atoms with van der Waals surface area (Å²) in [5, 5.41) is 3.75. The van der Waals surface area contributed by atoms with Crippen molar-refractivity contribution in [2.75, 3.05) is 26.1 Å². The summed E-state index contributed by atoms with van der Waals surface area (Å²) in [5.41, 5.74) is 0.996. The zero-order valence-electron chi connectivity index (χ0n) is 11.1. The maximum absolute atomic E-state index is 10.9. The summed E-state index contributed by atoms with van der Waals surface area (Å²) in [6, 6.07) is 3.72. The normalized spacial score (nSPS) is 13.7. The molecule has 1 aliphatic rings. The van der Waals surface area contributed by atoms with Crippen LogP contribution in [-0.2, 0) is 16.6 Å². The van der Waals surface area contributed by atoms with Crippen molar-refractivity contribution in [2.24, 2.45) is 0 Å². The topological polar surface area (TPSA) is 76.7 Å². The molecular weight excluding hydrogens is 304 g/mol. The molecule has 1 heterocycles. The molecule has 6 nitrogen and oxygen atoms in total. The van der Waals surface area contributed by atoms with Crippen LogP contribution < -0.4 is 19.5 Å². The van der Waals surface area contributed by atoms with Crippen LogP contribution in [0.25, 0.3) is 0 Å². The van der Waals surface area contributed by atoms with Gasteiger partial charge >= 0.3 is 0 Å². The standard InChI is InChI=1S/C12H17ClN2O4S/c1-20(16,17)15-4-2-3-14-7-9-5-10(13)12-11(6-9)18-8-19-12/h5-6,14-15H,2-4,7-8H2,1H3. The summed E-state index contributed by atoms with van der Waals surface area (Å²) in [7, 11) is -3.10. The van der Waals surface area contributed by atoms with Crippen molar-refractivity contribution in [3.05, 3.63) is 22.7 Å². The Balaban J connectivity index is 1.74. The molecule has 1 aliphatic heterocycles. The van der Waals surface area contributed by atoms with Crippen LogP contribution in [0.15, 0.2) is 12.1 Å². The molecule has 1 aromatic rings. The van der Waals surface area contributed by atoms with Gasteiger partial charge in [0.25, 0.3) is 0 Å². The second-order valence-corrected chi connectivity index (χ2v) is 6.75. The summed E-state index contributed by atoms with van der Waals surface area (Å²) in [4.78, 5) is 0. The minimum absolute atomic E-state index is 0.198. The van der Waals surface area contributed by atoms with Crippen LogP contribution in [0, 0.1) is 0 Å². The fraction of sp³-hybridized carbons (Fsp3) is 0.500. The van der Waals surface area contributed by atoms with Crippen LogP contribution in [0.2, 0.25) is 5.02 Å². The molecule has 8 heteroatoms. The number of sulfonamides is 1. The molecule has 112 valence electrons. The van der Waals surface area contributed by atoms with Gasteiger partial charge in [-0.2, -0.15) is 0 Å². The number of rotatable bonds is 7. The Labute approximate surface area is 123 Å². The average Bonchev–Trinajstić information content (AvgIpc) is 2.81. The molecule has 0 saturated heterocycles. The van der Waals surface area contributed by atoms with Gasteiger partial charge in [-0.25, -0.2) is 13.1 Å². The Bertz CT molecular complexity index is 577. The van der Waals surface area contributed by atoms with Crippen molar-refractivity contribution in [2.45, 2.75) is 13.0 Å². The monoisotopic (exact) mass is 320 g/mol. The van der Waals surface area contributed by atoms with E-state index in [0.29, 0.717) is 42.6 Å². The van der Waals surface area contributed by atoms with Crippen LogP contribution in [-0.4, -0.2) is 34.6 Å². The molecule has 2 rings (SSSR count). The first-order valence-corrected chi connectivity index (χ1v) is 8.46. The summed E-state index contributed by atoms with van der Waals surface area (Å²) in [6.45, 7) is 1.96. The van der Waals surface area contributed by atoms with Crippen LogP contribution >= 0.6 is 11.6 Å². The average molecular weight is 321 g/mol. The zero-order valence-corrected chi connectivity index (χ0v) is 12.7. The third-order valence-corrected chi connectivity index (χ3v) is 3.72. The number of benzene rings is 1. The Morgan fingerprint density at radius 1 is 1.30 bits per heavy atom. The first-order valence-electron chi connectivity index (χ1n) is 6.19. The van der Waals surface area contributed by atoms with Gasteiger partial charge in [0.05, 0.1) is 11.3 Å². The zero-order chi connectivity index (χ0) is 14.6. The SMILES string of the molecule is CS(=O)(=O)NCCCNCc1cc(Cl)c2c(c1)OCO2. The van der Waals surface area contributed by atoms with E-state index < -0.39 is 10.0 Å². The summed E-state index contributed by atoms with van der Waals surface area (Å²) < 4.78 is 34.7. The highest BCUT2D eigenvalue weighted by Crippen LogP contribution is 2.39. The molecule has 0 amide bonds. The molecule has 0 aliphatic carbocycles. The summed E-state index contributed by atoms with van der Waals surface area (Å²) in [6.07, 6.45) is 1.86. The van der Waals surface area contributed by atoms with Crippen molar-refractivity contribution < 1.29 is 17.9 Å². The van der Waals surface area contributed by atoms with E-state index in [0.717, 1.165) is 11.8 Å². The van der Waals surface area contributed by atoms with E-state index in [4.69, 9.17) is 21.1 Å². The van der Waals surface area contributed by atoms with Gasteiger partial charge in [0.2, 0.25) is 16.8 Å². The summed E-state index contributed by atoms with van der Waals surface area (Å²) in [5.74, 6) is 1.25. The van der Waals surface area contributed by atoms with Crippen molar-refractivity contribution in [3.63, 3.8) is 0 Å². The van der Waals surface area contributed by atoms with E-state index in [1.165, 1.54) is 0 Å². The number of hydrogen-bond donors (Lipinski definition) is 2. The van der Waals surface area contributed by atoms with Gasteiger partial charge in [0.1, 0.15) is 0 Å². The van der Waals surface area contributed by atoms with Crippen LogP contribution in [0.3, 0.4) is 0 Å². The maximum atomic E-state index is 10.9. The Morgan fingerprint density at radius 2 is 2.10 bits per heavy atom. The number of fused-ring (bicyclic) bond motifs is 1. The van der Waals surface area contributed by atoms with Gasteiger partial charge < -0.3 is 14.8 Å². The molecule has 0 radical (unpaired) electrons. The molecule has 0 spiro atoms. The maximum Gasteiger partial charge on any atom is 0.231 e. The van der Waals surface area contributed by atoms with Crippen molar-refractivity contribution in [3.8, 4) is 11.5 Å². The molecule has 0 atom stereocenters. The molecular formula is C12H17ClN2O4S. The van der Waals surface area contributed by atoms with Crippen molar-refractivity contribution in [1.82, 2.24) is 10.0 Å². The van der Waals surface area contributed by atoms with E-state index in [1.54, 1.807) is 0 Å². The van der Waals surface area contributed by atoms with E-state index in [9.17, 15) is 8.42 Å². The molecule has 20 heavy (non-hydrogen) atoms. The van der Waals surface area contributed by atoms with Crippen LogP contribution in [0.5, 0.6) is 11.5 Å². The number of nitrogens with one attached hydrogen (secondary N) is 2. The Kier molecular flexibility index (Phi) is 5.09. The smallest absolute Gasteiger partial charge is 0.231 e. The Hall–Kier alpha value is -1.02. The van der Waals surface area contributed by atoms with Gasteiger partial charge in [-0.3, -0.25) is 0 Å². The minimum Gasteiger partial charge on any atom is -0.454 e. The second kappa shape index (κ2) is 6.62. The van der Waals surface area contributed by atoms with Crippen molar-refractivity contribution in [1.29, 1.82) is 0 Å². The minimum atomic E-state index is -3.10. The van der Waals surface area contributed by atoms with Gasteiger partial charge in [-0.15, -0.1) is 0 Å². The van der Waals surface area contributed by atoms with Crippen molar-refractivity contribution >= 4 is 21.6 Å². The fourth-order valence-electron chi connectivity index (χ4n) is 1.83. The molecule has 0 saturated carbocycles. The first-order chi connectivity index (χ1) is 9.46. The number of hydrogen-bond acceptors (Lipinski definition) is 5. The molecule has 2 N–H and O–H groups in total. The third-order valence-electron chi connectivity index (χ3n) is 2.71. The van der Waals surface area contributed by atoms with E-state index in [1.807, 2.05) is 12.1 Å². The highest BCUT2D eigenvalue weighted by atomic mass is 35.5. The van der Waals surface area contributed by atoms with Gasteiger partial charge in [0.15, 0.2) is 11.5 Å². The molecule has 0 aromatic heterocycles. The lowest BCUT2D eigenvalue weighted by atomic mass is 10.2. The lowest BCUT2D eigenvalue weighted by molar-refractivity contribution is 0.174. The van der Waals surface area contributed by atoms with Crippen LogP contribution in [0.1, 0.15) is 12.0 Å². The molecule has 0 fully saturated rings. The van der Waals surface area contributed by atoms with Gasteiger partial charge in [0, 0.05) is 13.1 Å². The fourth-order valence-corrected chi connectivity index (χ4v) is 2.63. The van der Waals surface area contributed by atoms with E-state index in [-0.39, 0.29) is 6.79 Å². The highest BCUT2D eigenvalue weighted by molar-refractivity contribution is 7.88. The predicted molar refractivity (Wildman–Crippen MR) is 76.7 cm³/mol. The summed E-state index contributed by atoms with van der Waals surface area (Å²) >= 11 is 6.08. The lowest BCUT2D eigenvalue weighted by Gasteiger charge is -2.07. The van der Waals surface area contributed by atoms with E-state index in [2.05, 4.69) is 10.0 Å². The second-order valence-electron chi connectivity index (χ2n) is 4.51. The Morgan fingerprint density at radius 3 is 2.85 bits per heavy atom. The molecule has 0 unspecified atom stereocenters. The van der Waals surface area contributed by atoms with Gasteiger partial charge in [-0.1, -0.05) is 11.6 Å². The quantitative estimate of drug-likeness (QED) is 0.736. The highest BCUT2D eigenvalue weighted by Gasteiger charge is 2.17. The first kappa shape index (κ1) is 15.4.